The van der Waals surface area contributed by atoms with E-state index in [2.05, 4.69) is 16.0 Å². The Hall–Kier alpha value is -2.02. The molecule has 0 spiro atoms. The molecule has 6 nitrogen and oxygen atoms in total. The van der Waals surface area contributed by atoms with Crippen LogP contribution in [0.3, 0.4) is 0 Å². The van der Waals surface area contributed by atoms with Gasteiger partial charge in [-0.05, 0) is 24.1 Å². The summed E-state index contributed by atoms with van der Waals surface area (Å²) in [5.74, 6) is -0.246. The Morgan fingerprint density at radius 2 is 2.24 bits per heavy atom. The topological polar surface area (TPSA) is 87.3 Å². The second-order valence-corrected chi connectivity index (χ2v) is 5.61. The predicted octanol–water partition coefficient (Wildman–Crippen LogP) is 1.13. The van der Waals surface area contributed by atoms with Gasteiger partial charge >= 0.3 is 0 Å². The second-order valence-electron chi connectivity index (χ2n) is 4.62. The van der Waals surface area contributed by atoms with Gasteiger partial charge in [0.15, 0.2) is 0 Å². The third-order valence-electron chi connectivity index (χ3n) is 3.03. The van der Waals surface area contributed by atoms with E-state index < -0.39 is 6.04 Å². The molecular weight excluding hydrogens is 290 g/mol. The van der Waals surface area contributed by atoms with Gasteiger partial charge in [-0.2, -0.15) is 0 Å². The Morgan fingerprint density at radius 3 is 2.90 bits per heavy atom. The lowest BCUT2D eigenvalue weighted by molar-refractivity contribution is -0.125. The van der Waals surface area contributed by atoms with E-state index in [1.807, 2.05) is 25.1 Å². The van der Waals surface area contributed by atoms with E-state index in [-0.39, 0.29) is 23.6 Å². The lowest BCUT2D eigenvalue weighted by Crippen LogP contribution is -2.45. The number of rotatable bonds is 5. The molecule has 0 bridgehead atoms. The number of aryl methyl sites for hydroxylation is 1. The number of hydrogen-bond acceptors (Lipinski definition) is 4. The smallest absolute Gasteiger partial charge is 0.279 e. The molecular formula is C14H17N3O3S. The molecule has 7 heteroatoms. The number of benzene rings is 1. The third-order valence-corrected chi connectivity index (χ3v) is 3.91. The summed E-state index contributed by atoms with van der Waals surface area (Å²) in [6.45, 7) is 1.92. The number of amides is 3. The first-order valence-corrected chi connectivity index (χ1v) is 7.67. The number of carbonyl (C=O) groups excluding carboxylic acids is 3. The van der Waals surface area contributed by atoms with Crippen LogP contribution in [0.15, 0.2) is 24.3 Å². The molecule has 3 amide bonds. The molecule has 1 fully saturated rings. The molecule has 2 rings (SSSR count). The molecule has 0 radical (unpaired) electrons. The Kier molecular flexibility index (Phi) is 5.21. The van der Waals surface area contributed by atoms with E-state index in [9.17, 15) is 14.4 Å². The predicted molar refractivity (Wildman–Crippen MR) is 82.2 cm³/mol. The zero-order valence-corrected chi connectivity index (χ0v) is 12.5. The fourth-order valence-electron chi connectivity index (χ4n) is 1.89. The van der Waals surface area contributed by atoms with Crippen LogP contribution in [0.5, 0.6) is 0 Å². The summed E-state index contributed by atoms with van der Waals surface area (Å²) in [6.07, 6.45) is 0.888. The molecule has 21 heavy (non-hydrogen) atoms. The maximum atomic E-state index is 11.8. The van der Waals surface area contributed by atoms with Gasteiger partial charge in [-0.15, -0.1) is 0 Å². The highest BCUT2D eigenvalue weighted by molar-refractivity contribution is 8.14. The van der Waals surface area contributed by atoms with E-state index in [0.29, 0.717) is 11.4 Å². The Balaban J connectivity index is 1.79. The van der Waals surface area contributed by atoms with Gasteiger partial charge in [0.25, 0.3) is 5.24 Å². The van der Waals surface area contributed by atoms with Crippen molar-refractivity contribution in [2.45, 2.75) is 19.4 Å². The molecule has 3 N–H and O–H groups in total. The Labute approximate surface area is 127 Å². The molecule has 112 valence electrons. The minimum atomic E-state index is -0.557. The van der Waals surface area contributed by atoms with Crippen LogP contribution < -0.4 is 16.0 Å². The fourth-order valence-corrected chi connectivity index (χ4v) is 2.67. The molecule has 1 aliphatic rings. The lowest BCUT2D eigenvalue weighted by atomic mass is 10.1. The van der Waals surface area contributed by atoms with Crippen LogP contribution in [-0.2, 0) is 16.0 Å². The molecule has 0 saturated carbocycles. The van der Waals surface area contributed by atoms with Gasteiger partial charge in [0.05, 0.1) is 6.54 Å². The highest BCUT2D eigenvalue weighted by Crippen LogP contribution is 2.13. The fraction of sp³-hybridized carbons (Fsp3) is 0.357. The van der Waals surface area contributed by atoms with E-state index in [1.54, 1.807) is 6.07 Å². The molecule has 0 unspecified atom stereocenters. The van der Waals surface area contributed by atoms with Crippen molar-refractivity contribution in [1.29, 1.82) is 0 Å². The number of nitrogens with one attached hydrogen (secondary N) is 3. The monoisotopic (exact) mass is 307 g/mol. The summed E-state index contributed by atoms with van der Waals surface area (Å²) in [7, 11) is 0. The quantitative estimate of drug-likeness (QED) is 0.761. The summed E-state index contributed by atoms with van der Waals surface area (Å²) in [4.78, 5) is 34.5. The summed E-state index contributed by atoms with van der Waals surface area (Å²) >= 11 is 1.06. The molecule has 1 atom stereocenters. The van der Waals surface area contributed by atoms with Crippen LogP contribution in [0, 0.1) is 0 Å². The molecule has 0 aliphatic carbocycles. The van der Waals surface area contributed by atoms with Crippen molar-refractivity contribution >= 4 is 34.5 Å². The van der Waals surface area contributed by atoms with E-state index in [1.165, 1.54) is 0 Å². The minimum absolute atomic E-state index is 0.119. The maximum Gasteiger partial charge on any atom is 0.279 e. The van der Waals surface area contributed by atoms with Crippen LogP contribution in [0.1, 0.15) is 12.5 Å². The number of hydrogen-bond donors (Lipinski definition) is 3. The van der Waals surface area contributed by atoms with Crippen molar-refractivity contribution in [1.82, 2.24) is 10.6 Å². The van der Waals surface area contributed by atoms with Gasteiger partial charge < -0.3 is 16.0 Å². The standard InChI is InChI=1S/C14H17N3O3S/c1-2-9-4-3-5-10(6-9)16-12(18)7-15-13(19)11-8-21-14(20)17-11/h3-6,11H,2,7-8H2,1H3,(H,15,19)(H,16,18)(H,17,20)/t11-/m1/s1. The van der Waals surface area contributed by atoms with Gasteiger partial charge in [0.1, 0.15) is 6.04 Å². The van der Waals surface area contributed by atoms with Gasteiger partial charge in [0.2, 0.25) is 11.8 Å². The minimum Gasteiger partial charge on any atom is -0.345 e. The van der Waals surface area contributed by atoms with E-state index >= 15 is 0 Å². The zero-order chi connectivity index (χ0) is 15.2. The number of thioether (sulfide) groups is 1. The van der Waals surface area contributed by atoms with Crippen molar-refractivity contribution in [2.24, 2.45) is 0 Å². The number of carbonyl (C=O) groups is 3. The SMILES string of the molecule is CCc1cccc(NC(=O)CNC(=O)[C@H]2CSC(=O)N2)c1. The summed E-state index contributed by atoms with van der Waals surface area (Å²) in [5.41, 5.74) is 1.83. The summed E-state index contributed by atoms with van der Waals surface area (Å²) < 4.78 is 0. The van der Waals surface area contributed by atoms with Crippen molar-refractivity contribution in [3.05, 3.63) is 29.8 Å². The third kappa shape index (κ3) is 4.49. The first-order chi connectivity index (χ1) is 10.1. The van der Waals surface area contributed by atoms with Crippen LogP contribution >= 0.6 is 11.8 Å². The molecule has 1 aromatic rings. The molecule has 1 saturated heterocycles. The van der Waals surface area contributed by atoms with Crippen molar-refractivity contribution in [3.63, 3.8) is 0 Å². The van der Waals surface area contributed by atoms with Gasteiger partial charge in [0, 0.05) is 11.4 Å². The second kappa shape index (κ2) is 7.12. The van der Waals surface area contributed by atoms with Crippen LogP contribution in [0.25, 0.3) is 0 Å². The largest absolute Gasteiger partial charge is 0.345 e. The first kappa shape index (κ1) is 15.4. The Morgan fingerprint density at radius 1 is 1.43 bits per heavy atom. The molecule has 1 aromatic carbocycles. The maximum absolute atomic E-state index is 11.8. The summed E-state index contributed by atoms with van der Waals surface area (Å²) in [5, 5.41) is 7.55. The van der Waals surface area contributed by atoms with E-state index in [0.717, 1.165) is 23.7 Å². The molecule has 1 heterocycles. The van der Waals surface area contributed by atoms with Crippen LogP contribution in [-0.4, -0.2) is 35.4 Å². The van der Waals surface area contributed by atoms with Crippen molar-refractivity contribution in [2.75, 3.05) is 17.6 Å². The van der Waals surface area contributed by atoms with Gasteiger partial charge in [-0.25, -0.2) is 0 Å². The highest BCUT2D eigenvalue weighted by atomic mass is 32.2. The molecule has 1 aliphatic heterocycles. The lowest BCUT2D eigenvalue weighted by Gasteiger charge is -2.11. The van der Waals surface area contributed by atoms with Crippen LogP contribution in [0.2, 0.25) is 0 Å². The summed E-state index contributed by atoms with van der Waals surface area (Å²) in [6, 6.07) is 7.00. The van der Waals surface area contributed by atoms with E-state index in [4.69, 9.17) is 0 Å². The van der Waals surface area contributed by atoms with Crippen molar-refractivity contribution < 1.29 is 14.4 Å². The number of anilines is 1. The average molecular weight is 307 g/mol. The van der Waals surface area contributed by atoms with Crippen molar-refractivity contribution in [3.8, 4) is 0 Å². The normalized spacial score (nSPS) is 17.2. The highest BCUT2D eigenvalue weighted by Gasteiger charge is 2.27. The van der Waals surface area contributed by atoms with Gasteiger partial charge in [-0.3, -0.25) is 14.4 Å². The first-order valence-electron chi connectivity index (χ1n) is 6.68. The van der Waals surface area contributed by atoms with Gasteiger partial charge in [-0.1, -0.05) is 30.8 Å². The zero-order valence-electron chi connectivity index (χ0n) is 11.6. The average Bonchev–Trinajstić information content (AvgIpc) is 2.91. The molecule has 0 aromatic heterocycles. The van der Waals surface area contributed by atoms with Crippen LogP contribution in [0.4, 0.5) is 10.5 Å². The Bertz CT molecular complexity index is 562.